The van der Waals surface area contributed by atoms with Crippen LogP contribution < -0.4 is 24.3 Å². The molecule has 0 unspecified atom stereocenters. The highest BCUT2D eigenvalue weighted by Gasteiger charge is 2.16. The minimum absolute atomic E-state index is 0.245. The van der Waals surface area contributed by atoms with Gasteiger partial charge in [-0.25, -0.2) is 0 Å². The Hall–Kier alpha value is -3.67. The topological polar surface area (TPSA) is 66.0 Å². The van der Waals surface area contributed by atoms with Crippen LogP contribution in [0.25, 0.3) is 0 Å². The van der Waals surface area contributed by atoms with Gasteiger partial charge < -0.3 is 24.3 Å². The average molecular weight is 407 g/mol. The van der Waals surface area contributed by atoms with Gasteiger partial charge in [0.2, 0.25) is 5.75 Å². The zero-order valence-corrected chi connectivity index (χ0v) is 17.3. The molecule has 0 aromatic heterocycles. The van der Waals surface area contributed by atoms with Crippen LogP contribution in [0, 0.1) is 0 Å². The summed E-state index contributed by atoms with van der Waals surface area (Å²) in [6.45, 7) is 0.847. The van der Waals surface area contributed by atoms with Crippen LogP contribution in [-0.2, 0) is 13.2 Å². The Balaban J connectivity index is 1.65. The van der Waals surface area contributed by atoms with Crippen molar-refractivity contribution in [1.29, 1.82) is 0 Å². The Kier molecular flexibility index (Phi) is 7.16. The molecule has 0 bridgehead atoms. The lowest BCUT2D eigenvalue weighted by Crippen LogP contribution is -2.23. The van der Waals surface area contributed by atoms with E-state index in [-0.39, 0.29) is 5.91 Å². The molecule has 0 atom stereocenters. The summed E-state index contributed by atoms with van der Waals surface area (Å²) in [6, 6.07) is 20.9. The number of carbonyl (C=O) groups is 1. The van der Waals surface area contributed by atoms with Gasteiger partial charge in [-0.15, -0.1) is 0 Å². The number of benzene rings is 3. The fourth-order valence-corrected chi connectivity index (χ4v) is 2.98. The van der Waals surface area contributed by atoms with Crippen LogP contribution in [0.5, 0.6) is 23.0 Å². The maximum atomic E-state index is 12.7. The largest absolute Gasteiger partial charge is 0.493 e. The lowest BCUT2D eigenvalue weighted by atomic mass is 10.1. The summed E-state index contributed by atoms with van der Waals surface area (Å²) in [4.78, 5) is 12.7. The predicted octanol–water partition coefficient (Wildman–Crippen LogP) is 4.22. The monoisotopic (exact) mass is 407 g/mol. The van der Waals surface area contributed by atoms with E-state index >= 15 is 0 Å². The fourth-order valence-electron chi connectivity index (χ4n) is 2.98. The molecule has 1 N–H and O–H groups in total. The van der Waals surface area contributed by atoms with Gasteiger partial charge in [-0.3, -0.25) is 4.79 Å². The molecule has 0 saturated heterocycles. The van der Waals surface area contributed by atoms with Crippen molar-refractivity contribution < 1.29 is 23.7 Å². The second-order valence-corrected chi connectivity index (χ2v) is 6.52. The Morgan fingerprint density at radius 2 is 1.47 bits per heavy atom. The molecule has 3 rings (SSSR count). The SMILES string of the molecule is COc1cc(C(=O)NCc2cccc(OCc3ccccc3)c2)cc(OC)c1OC. The fraction of sp³-hybridized carbons (Fsp3) is 0.208. The first kappa shape index (κ1) is 21.0. The highest BCUT2D eigenvalue weighted by atomic mass is 16.5. The Morgan fingerprint density at radius 3 is 2.10 bits per heavy atom. The van der Waals surface area contributed by atoms with E-state index in [1.54, 1.807) is 12.1 Å². The van der Waals surface area contributed by atoms with Gasteiger partial charge in [-0.05, 0) is 35.4 Å². The number of ether oxygens (including phenoxy) is 4. The highest BCUT2D eigenvalue weighted by molar-refractivity contribution is 5.95. The lowest BCUT2D eigenvalue weighted by Gasteiger charge is -2.14. The first-order valence-corrected chi connectivity index (χ1v) is 9.48. The highest BCUT2D eigenvalue weighted by Crippen LogP contribution is 2.38. The molecule has 1 amide bonds. The van der Waals surface area contributed by atoms with Crippen molar-refractivity contribution in [2.24, 2.45) is 0 Å². The van der Waals surface area contributed by atoms with Crippen LogP contribution in [0.3, 0.4) is 0 Å². The van der Waals surface area contributed by atoms with Crippen LogP contribution in [0.4, 0.5) is 0 Å². The summed E-state index contributed by atoms with van der Waals surface area (Å²) in [5, 5.41) is 2.91. The molecule has 0 fully saturated rings. The third-order valence-electron chi connectivity index (χ3n) is 4.53. The second-order valence-electron chi connectivity index (χ2n) is 6.52. The van der Waals surface area contributed by atoms with Gasteiger partial charge in [0.1, 0.15) is 12.4 Å². The minimum atomic E-state index is -0.245. The predicted molar refractivity (Wildman–Crippen MR) is 114 cm³/mol. The van der Waals surface area contributed by atoms with Gasteiger partial charge in [0.25, 0.3) is 5.91 Å². The van der Waals surface area contributed by atoms with E-state index < -0.39 is 0 Å². The van der Waals surface area contributed by atoms with Crippen LogP contribution in [0.1, 0.15) is 21.5 Å². The molecule has 0 aliphatic heterocycles. The third-order valence-corrected chi connectivity index (χ3v) is 4.53. The number of hydrogen-bond acceptors (Lipinski definition) is 5. The smallest absolute Gasteiger partial charge is 0.251 e. The maximum Gasteiger partial charge on any atom is 0.251 e. The second kappa shape index (κ2) is 10.2. The molecule has 3 aromatic carbocycles. The number of rotatable bonds is 9. The Labute approximate surface area is 176 Å². The Bertz CT molecular complexity index is 963. The molecule has 0 heterocycles. The summed E-state index contributed by atoms with van der Waals surface area (Å²) in [7, 11) is 4.55. The van der Waals surface area contributed by atoms with Crippen LogP contribution in [0.15, 0.2) is 66.7 Å². The van der Waals surface area contributed by atoms with Crippen molar-refractivity contribution in [2.75, 3.05) is 21.3 Å². The quantitative estimate of drug-likeness (QED) is 0.575. The zero-order valence-electron chi connectivity index (χ0n) is 17.3. The third kappa shape index (κ3) is 5.23. The molecule has 30 heavy (non-hydrogen) atoms. The van der Waals surface area contributed by atoms with Crippen LogP contribution in [-0.4, -0.2) is 27.2 Å². The van der Waals surface area contributed by atoms with E-state index in [1.807, 2.05) is 54.6 Å². The number of hydrogen-bond donors (Lipinski definition) is 1. The van der Waals surface area contributed by atoms with E-state index in [0.29, 0.717) is 36.0 Å². The molecule has 6 heteroatoms. The summed E-state index contributed by atoms with van der Waals surface area (Å²) in [6.07, 6.45) is 0. The molecule has 3 aromatic rings. The van der Waals surface area contributed by atoms with Crippen molar-refractivity contribution in [2.45, 2.75) is 13.2 Å². The Morgan fingerprint density at radius 1 is 0.800 bits per heavy atom. The van der Waals surface area contributed by atoms with E-state index in [2.05, 4.69) is 5.32 Å². The lowest BCUT2D eigenvalue weighted by molar-refractivity contribution is 0.0950. The van der Waals surface area contributed by atoms with Crippen LogP contribution in [0.2, 0.25) is 0 Å². The minimum Gasteiger partial charge on any atom is -0.493 e. The van der Waals surface area contributed by atoms with E-state index in [9.17, 15) is 4.79 Å². The summed E-state index contributed by atoms with van der Waals surface area (Å²) in [5.41, 5.74) is 2.45. The molecule has 0 radical (unpaired) electrons. The first-order valence-electron chi connectivity index (χ1n) is 9.48. The van der Waals surface area contributed by atoms with Gasteiger partial charge in [-0.1, -0.05) is 42.5 Å². The molecule has 0 aliphatic carbocycles. The number of nitrogens with one attached hydrogen (secondary N) is 1. The molecular formula is C24H25NO5. The van der Waals surface area contributed by atoms with Crippen LogP contribution >= 0.6 is 0 Å². The van der Waals surface area contributed by atoms with E-state index in [0.717, 1.165) is 16.9 Å². The molecule has 0 aliphatic rings. The number of methoxy groups -OCH3 is 3. The van der Waals surface area contributed by atoms with Gasteiger partial charge >= 0.3 is 0 Å². The number of amides is 1. The molecule has 0 spiro atoms. The summed E-state index contributed by atoms with van der Waals surface area (Å²) < 4.78 is 21.8. The molecule has 0 saturated carbocycles. The normalized spacial score (nSPS) is 10.2. The molecule has 156 valence electrons. The summed E-state index contributed by atoms with van der Waals surface area (Å²) in [5.74, 6) is 1.81. The van der Waals surface area contributed by atoms with Crippen molar-refractivity contribution in [1.82, 2.24) is 5.32 Å². The van der Waals surface area contributed by atoms with Crippen molar-refractivity contribution in [3.05, 3.63) is 83.4 Å². The molecule has 6 nitrogen and oxygen atoms in total. The van der Waals surface area contributed by atoms with Crippen molar-refractivity contribution in [3.63, 3.8) is 0 Å². The molecular weight excluding hydrogens is 382 g/mol. The maximum absolute atomic E-state index is 12.7. The van der Waals surface area contributed by atoms with E-state index in [1.165, 1.54) is 21.3 Å². The summed E-state index contributed by atoms with van der Waals surface area (Å²) >= 11 is 0. The number of carbonyl (C=O) groups excluding carboxylic acids is 1. The van der Waals surface area contributed by atoms with Crippen molar-refractivity contribution in [3.8, 4) is 23.0 Å². The standard InChI is InChI=1S/C24H25NO5/c1-27-21-13-19(14-22(28-2)23(21)29-3)24(26)25-15-18-10-7-11-20(12-18)30-16-17-8-5-4-6-9-17/h4-14H,15-16H2,1-3H3,(H,25,26). The van der Waals surface area contributed by atoms with Gasteiger partial charge in [0.15, 0.2) is 11.5 Å². The van der Waals surface area contributed by atoms with Gasteiger partial charge in [0.05, 0.1) is 21.3 Å². The van der Waals surface area contributed by atoms with Crippen molar-refractivity contribution >= 4 is 5.91 Å². The van der Waals surface area contributed by atoms with E-state index in [4.69, 9.17) is 18.9 Å². The van der Waals surface area contributed by atoms with Gasteiger partial charge in [-0.2, -0.15) is 0 Å². The zero-order chi connectivity index (χ0) is 21.3. The first-order chi connectivity index (χ1) is 14.6. The average Bonchev–Trinajstić information content (AvgIpc) is 2.81. The van der Waals surface area contributed by atoms with Gasteiger partial charge in [0, 0.05) is 12.1 Å².